The van der Waals surface area contributed by atoms with Gasteiger partial charge in [0.05, 0.1) is 8.07 Å². The van der Waals surface area contributed by atoms with E-state index in [1.54, 1.807) is 0 Å². The first-order valence-corrected chi connectivity index (χ1v) is 12.2. The largest absolute Gasteiger partial charge is 0.0843 e. The maximum absolute atomic E-state index is 6.02. The summed E-state index contributed by atoms with van der Waals surface area (Å²) in [7, 11) is -1.16. The lowest BCUT2D eigenvalue weighted by molar-refractivity contribution is 0.580. The molecule has 0 saturated heterocycles. The summed E-state index contributed by atoms with van der Waals surface area (Å²) in [5.74, 6) is 0. The smallest absolute Gasteiger partial charge is 0.0521 e. The molecule has 1 aromatic carbocycles. The van der Waals surface area contributed by atoms with E-state index in [1.807, 2.05) is 12.1 Å². The molecule has 0 aliphatic heterocycles. The van der Waals surface area contributed by atoms with Crippen LogP contribution in [0.1, 0.15) is 63.0 Å². The average Bonchev–Trinajstić information content (AvgIpc) is 2.38. The Morgan fingerprint density at radius 2 is 1.45 bits per heavy atom. The highest BCUT2D eigenvalue weighted by Crippen LogP contribution is 2.32. The second-order valence-electron chi connectivity index (χ2n) is 7.03. The highest BCUT2D eigenvalue weighted by atomic mass is 35.5. The number of hydrogen-bond donors (Lipinski definition) is 0. The van der Waals surface area contributed by atoms with Crippen molar-refractivity contribution < 1.29 is 0 Å². The minimum atomic E-state index is -1.16. The lowest BCUT2D eigenvalue weighted by atomic mass is 10.0. The summed E-state index contributed by atoms with van der Waals surface area (Å²) in [4.78, 5) is 0. The van der Waals surface area contributed by atoms with Gasteiger partial charge in [0.1, 0.15) is 0 Å². The molecule has 0 aromatic heterocycles. The average molecular weight is 311 g/mol. The van der Waals surface area contributed by atoms with E-state index in [0.717, 1.165) is 10.6 Å². The molecule has 1 rings (SSSR count). The van der Waals surface area contributed by atoms with Crippen molar-refractivity contribution in [3.8, 4) is 0 Å². The molecule has 0 aliphatic rings. The van der Waals surface area contributed by atoms with Gasteiger partial charge in [-0.1, -0.05) is 88.8 Å². The molecule has 0 spiro atoms. The van der Waals surface area contributed by atoms with E-state index in [1.165, 1.54) is 50.5 Å². The molecule has 0 fully saturated rings. The molecule has 20 heavy (non-hydrogen) atoms. The van der Waals surface area contributed by atoms with E-state index in [-0.39, 0.29) is 0 Å². The van der Waals surface area contributed by atoms with E-state index >= 15 is 0 Å². The molecule has 0 N–H and O–H groups in total. The van der Waals surface area contributed by atoms with Crippen LogP contribution < -0.4 is 0 Å². The summed E-state index contributed by atoms with van der Waals surface area (Å²) in [6, 6.07) is 8.57. The van der Waals surface area contributed by atoms with Gasteiger partial charge in [0.2, 0.25) is 0 Å². The zero-order valence-electron chi connectivity index (χ0n) is 13.7. The molecule has 1 unspecified atom stereocenters. The molecule has 2 heteroatoms. The van der Waals surface area contributed by atoms with Crippen LogP contribution in [0.4, 0.5) is 0 Å². The molecule has 114 valence electrons. The van der Waals surface area contributed by atoms with E-state index < -0.39 is 8.07 Å². The van der Waals surface area contributed by atoms with Crippen molar-refractivity contribution >= 4 is 19.7 Å². The lowest BCUT2D eigenvalue weighted by Crippen LogP contribution is -2.31. The fourth-order valence-electron chi connectivity index (χ4n) is 2.92. The number of rotatable bonds is 9. The molecule has 1 atom stereocenters. The highest BCUT2D eigenvalue weighted by Gasteiger charge is 2.27. The van der Waals surface area contributed by atoms with Gasteiger partial charge in [-0.05, 0) is 29.7 Å². The molecule has 0 radical (unpaired) electrons. The Kier molecular flexibility index (Phi) is 7.90. The van der Waals surface area contributed by atoms with Gasteiger partial charge in [0, 0.05) is 5.02 Å². The first-order valence-electron chi connectivity index (χ1n) is 8.20. The van der Waals surface area contributed by atoms with Gasteiger partial charge < -0.3 is 0 Å². The Morgan fingerprint density at radius 3 is 2.00 bits per heavy atom. The normalized spacial score (nSPS) is 13.4. The third-order valence-electron chi connectivity index (χ3n) is 4.16. The predicted octanol–water partition coefficient (Wildman–Crippen LogP) is 7.05. The summed E-state index contributed by atoms with van der Waals surface area (Å²) in [5.41, 5.74) is 2.27. The Labute approximate surface area is 131 Å². The van der Waals surface area contributed by atoms with Gasteiger partial charge in [-0.2, -0.15) is 0 Å². The van der Waals surface area contributed by atoms with Gasteiger partial charge in [-0.25, -0.2) is 0 Å². The van der Waals surface area contributed by atoms with Crippen LogP contribution in [0.5, 0.6) is 0 Å². The number of halogens is 1. The van der Waals surface area contributed by atoms with Crippen LogP contribution in [-0.4, -0.2) is 8.07 Å². The SMILES string of the molecule is CCCCCCCCC(c1ccc(Cl)cc1)[Si](C)(C)C. The zero-order chi connectivity index (χ0) is 15.0. The Hall–Kier alpha value is -0.273. The molecule has 0 amide bonds. The molecule has 0 nitrogen and oxygen atoms in total. The van der Waals surface area contributed by atoms with Crippen molar-refractivity contribution in [2.45, 2.75) is 77.1 Å². The molecule has 1 aromatic rings. The minimum absolute atomic E-state index is 0.769. The summed E-state index contributed by atoms with van der Waals surface area (Å²) in [6.45, 7) is 9.75. The van der Waals surface area contributed by atoms with E-state index in [2.05, 4.69) is 38.7 Å². The quantitative estimate of drug-likeness (QED) is 0.338. The van der Waals surface area contributed by atoms with Gasteiger partial charge in [-0.15, -0.1) is 0 Å². The summed E-state index contributed by atoms with van der Waals surface area (Å²) >= 11 is 6.02. The van der Waals surface area contributed by atoms with E-state index in [9.17, 15) is 0 Å². The number of unbranched alkanes of at least 4 members (excludes halogenated alkanes) is 5. The Morgan fingerprint density at radius 1 is 0.900 bits per heavy atom. The maximum Gasteiger partial charge on any atom is 0.0521 e. The standard InChI is InChI=1S/C18H31ClSi/c1-5-6-7-8-9-10-11-18(20(2,3)4)16-12-14-17(19)15-13-16/h12-15,18H,5-11H2,1-4H3. The van der Waals surface area contributed by atoms with Crippen LogP contribution >= 0.6 is 11.6 Å². The van der Waals surface area contributed by atoms with Crippen LogP contribution in [0, 0.1) is 0 Å². The van der Waals surface area contributed by atoms with Crippen molar-refractivity contribution in [2.24, 2.45) is 0 Å². The van der Waals surface area contributed by atoms with Gasteiger partial charge >= 0.3 is 0 Å². The van der Waals surface area contributed by atoms with Gasteiger partial charge in [0.25, 0.3) is 0 Å². The van der Waals surface area contributed by atoms with Crippen LogP contribution in [0.3, 0.4) is 0 Å². The predicted molar refractivity (Wildman–Crippen MR) is 95.5 cm³/mol. The zero-order valence-corrected chi connectivity index (χ0v) is 15.5. The lowest BCUT2D eigenvalue weighted by Gasteiger charge is -2.29. The molecule has 0 bridgehead atoms. The third-order valence-corrected chi connectivity index (χ3v) is 7.13. The van der Waals surface area contributed by atoms with Crippen LogP contribution in [0.2, 0.25) is 24.7 Å². The monoisotopic (exact) mass is 310 g/mol. The second-order valence-corrected chi connectivity index (χ2v) is 12.9. The molecular weight excluding hydrogens is 280 g/mol. The highest BCUT2D eigenvalue weighted by molar-refractivity contribution is 6.77. The molecule has 0 aliphatic carbocycles. The van der Waals surface area contributed by atoms with Crippen molar-refractivity contribution in [1.29, 1.82) is 0 Å². The summed E-state index contributed by atoms with van der Waals surface area (Å²) < 4.78 is 0. The number of benzene rings is 1. The van der Waals surface area contributed by atoms with Crippen molar-refractivity contribution in [2.75, 3.05) is 0 Å². The maximum atomic E-state index is 6.02. The third kappa shape index (κ3) is 6.45. The van der Waals surface area contributed by atoms with Crippen molar-refractivity contribution in [3.63, 3.8) is 0 Å². The number of hydrogen-bond acceptors (Lipinski definition) is 0. The molecule has 0 heterocycles. The summed E-state index contributed by atoms with van der Waals surface area (Å²) in [5, 5.41) is 0.850. The first-order chi connectivity index (χ1) is 9.45. The van der Waals surface area contributed by atoms with Crippen LogP contribution in [0.25, 0.3) is 0 Å². The van der Waals surface area contributed by atoms with Gasteiger partial charge in [0.15, 0.2) is 0 Å². The fraction of sp³-hybridized carbons (Fsp3) is 0.667. The Bertz CT molecular complexity index is 364. The van der Waals surface area contributed by atoms with Crippen molar-refractivity contribution in [3.05, 3.63) is 34.9 Å². The van der Waals surface area contributed by atoms with Crippen LogP contribution in [0.15, 0.2) is 24.3 Å². The molecule has 0 saturated carbocycles. The van der Waals surface area contributed by atoms with E-state index in [0.29, 0.717) is 0 Å². The first kappa shape index (κ1) is 17.8. The topological polar surface area (TPSA) is 0 Å². The van der Waals surface area contributed by atoms with Crippen LogP contribution in [-0.2, 0) is 0 Å². The Balaban J connectivity index is 2.51. The summed E-state index contributed by atoms with van der Waals surface area (Å²) in [6.07, 6.45) is 9.68. The van der Waals surface area contributed by atoms with Gasteiger partial charge in [-0.3, -0.25) is 0 Å². The van der Waals surface area contributed by atoms with Crippen molar-refractivity contribution in [1.82, 2.24) is 0 Å². The second kappa shape index (κ2) is 8.89. The fourth-order valence-corrected chi connectivity index (χ4v) is 5.31. The minimum Gasteiger partial charge on any atom is -0.0843 e. The van der Waals surface area contributed by atoms with E-state index in [4.69, 9.17) is 11.6 Å². The molecular formula is C18H31ClSi.